The molecule has 0 bridgehead atoms. The van der Waals surface area contributed by atoms with Crippen molar-refractivity contribution in [3.63, 3.8) is 0 Å². The van der Waals surface area contributed by atoms with Crippen molar-refractivity contribution in [1.29, 1.82) is 0 Å². The molecule has 2 aromatic rings. The summed E-state index contributed by atoms with van der Waals surface area (Å²) in [7, 11) is 0. The molecule has 106 valence electrons. The van der Waals surface area contributed by atoms with Crippen molar-refractivity contribution in [2.45, 2.75) is 32.9 Å². The Morgan fingerprint density at radius 2 is 1.85 bits per heavy atom. The Bertz CT molecular complexity index is 592. The van der Waals surface area contributed by atoms with E-state index in [0.29, 0.717) is 18.9 Å². The molecule has 0 spiro atoms. The van der Waals surface area contributed by atoms with Gasteiger partial charge in [0.25, 0.3) is 0 Å². The summed E-state index contributed by atoms with van der Waals surface area (Å²) in [4.78, 5) is 11.2. The van der Waals surface area contributed by atoms with Gasteiger partial charge in [-0.1, -0.05) is 50.2 Å². The molecule has 0 aromatic heterocycles. The smallest absolute Gasteiger partial charge is 0.320 e. The molecule has 2 aromatic carbocycles. The zero-order valence-electron chi connectivity index (χ0n) is 12.0. The van der Waals surface area contributed by atoms with Crippen LogP contribution in [0.5, 0.6) is 0 Å². The van der Waals surface area contributed by atoms with Crippen LogP contribution >= 0.6 is 0 Å². The first-order chi connectivity index (χ1) is 9.56. The summed E-state index contributed by atoms with van der Waals surface area (Å²) in [5.41, 5.74) is 1.11. The Morgan fingerprint density at radius 3 is 2.50 bits per heavy atom. The normalized spacial score (nSPS) is 12.8. The Kier molecular flexibility index (Phi) is 4.74. The summed E-state index contributed by atoms with van der Waals surface area (Å²) in [6, 6.07) is 13.9. The summed E-state index contributed by atoms with van der Waals surface area (Å²) in [5, 5.41) is 14.7. The third-order valence-corrected chi connectivity index (χ3v) is 3.37. The number of carbonyl (C=O) groups is 1. The van der Waals surface area contributed by atoms with Gasteiger partial charge in [-0.25, -0.2) is 0 Å². The molecule has 2 rings (SSSR count). The van der Waals surface area contributed by atoms with E-state index in [9.17, 15) is 9.90 Å². The van der Waals surface area contributed by atoms with Gasteiger partial charge >= 0.3 is 5.97 Å². The summed E-state index contributed by atoms with van der Waals surface area (Å²) >= 11 is 0. The number of fused-ring (bicyclic) bond motifs is 1. The molecule has 20 heavy (non-hydrogen) atoms. The zero-order valence-corrected chi connectivity index (χ0v) is 12.0. The largest absolute Gasteiger partial charge is 0.480 e. The lowest BCUT2D eigenvalue weighted by Crippen LogP contribution is -2.37. The molecule has 0 saturated heterocycles. The Labute approximate surface area is 119 Å². The van der Waals surface area contributed by atoms with Gasteiger partial charge in [-0.3, -0.25) is 4.79 Å². The SMILES string of the molecule is CC(C)C[C@@H](NCc1ccc2ccccc2c1)C(=O)O. The quantitative estimate of drug-likeness (QED) is 0.846. The van der Waals surface area contributed by atoms with Crippen LogP contribution in [0.25, 0.3) is 10.8 Å². The molecular formula is C17H21NO2. The first kappa shape index (κ1) is 14.5. The third-order valence-electron chi connectivity index (χ3n) is 3.37. The highest BCUT2D eigenvalue weighted by atomic mass is 16.4. The molecule has 0 aliphatic heterocycles. The van der Waals surface area contributed by atoms with Crippen LogP contribution in [-0.4, -0.2) is 17.1 Å². The van der Waals surface area contributed by atoms with E-state index in [1.54, 1.807) is 0 Å². The summed E-state index contributed by atoms with van der Waals surface area (Å²) in [6.45, 7) is 4.65. The number of hydrogen-bond acceptors (Lipinski definition) is 2. The lowest BCUT2D eigenvalue weighted by Gasteiger charge is -2.16. The van der Waals surface area contributed by atoms with Crippen molar-refractivity contribution >= 4 is 16.7 Å². The van der Waals surface area contributed by atoms with Gasteiger partial charge in [0.1, 0.15) is 6.04 Å². The number of nitrogens with one attached hydrogen (secondary N) is 1. The predicted molar refractivity (Wildman–Crippen MR) is 81.7 cm³/mol. The molecule has 0 heterocycles. The maximum atomic E-state index is 11.2. The van der Waals surface area contributed by atoms with E-state index in [4.69, 9.17) is 0 Å². The number of aliphatic carboxylic acids is 1. The molecule has 0 aliphatic carbocycles. The van der Waals surface area contributed by atoms with Crippen molar-refractivity contribution in [3.8, 4) is 0 Å². The zero-order chi connectivity index (χ0) is 14.5. The van der Waals surface area contributed by atoms with Crippen molar-refractivity contribution in [2.75, 3.05) is 0 Å². The first-order valence-corrected chi connectivity index (χ1v) is 7.00. The highest BCUT2D eigenvalue weighted by molar-refractivity contribution is 5.83. The average molecular weight is 271 g/mol. The Hall–Kier alpha value is -1.87. The van der Waals surface area contributed by atoms with Crippen molar-refractivity contribution in [1.82, 2.24) is 5.32 Å². The van der Waals surface area contributed by atoms with Gasteiger partial charge in [-0.05, 0) is 34.7 Å². The van der Waals surface area contributed by atoms with E-state index < -0.39 is 12.0 Å². The van der Waals surface area contributed by atoms with Crippen LogP contribution in [0, 0.1) is 5.92 Å². The maximum Gasteiger partial charge on any atom is 0.320 e. The maximum absolute atomic E-state index is 11.2. The second kappa shape index (κ2) is 6.53. The average Bonchev–Trinajstić information content (AvgIpc) is 2.42. The fourth-order valence-electron chi connectivity index (χ4n) is 2.33. The van der Waals surface area contributed by atoms with E-state index in [-0.39, 0.29) is 0 Å². The highest BCUT2D eigenvalue weighted by Gasteiger charge is 2.17. The van der Waals surface area contributed by atoms with E-state index in [2.05, 4.69) is 29.6 Å². The van der Waals surface area contributed by atoms with Gasteiger partial charge < -0.3 is 10.4 Å². The number of carboxylic acids is 1. The molecule has 3 heteroatoms. The predicted octanol–water partition coefficient (Wildman–Crippen LogP) is 3.43. The second-order valence-corrected chi connectivity index (χ2v) is 5.58. The van der Waals surface area contributed by atoms with Crippen LogP contribution in [-0.2, 0) is 11.3 Å². The number of rotatable bonds is 6. The topological polar surface area (TPSA) is 49.3 Å². The van der Waals surface area contributed by atoms with E-state index in [1.807, 2.05) is 32.0 Å². The molecule has 0 fully saturated rings. The molecule has 0 radical (unpaired) electrons. The van der Waals surface area contributed by atoms with Crippen LogP contribution < -0.4 is 5.32 Å². The molecule has 0 unspecified atom stereocenters. The van der Waals surface area contributed by atoms with Gasteiger partial charge in [-0.2, -0.15) is 0 Å². The number of carboxylic acid groups (broad SMARTS) is 1. The van der Waals surface area contributed by atoms with Crippen molar-refractivity contribution < 1.29 is 9.90 Å². The molecule has 0 aliphatic rings. The Balaban J connectivity index is 2.05. The highest BCUT2D eigenvalue weighted by Crippen LogP contribution is 2.16. The van der Waals surface area contributed by atoms with Gasteiger partial charge in [0.15, 0.2) is 0 Å². The van der Waals surface area contributed by atoms with Crippen LogP contribution in [0.15, 0.2) is 42.5 Å². The molecule has 0 amide bonds. The summed E-state index contributed by atoms with van der Waals surface area (Å²) in [6.07, 6.45) is 0.642. The van der Waals surface area contributed by atoms with E-state index >= 15 is 0 Å². The molecule has 2 N–H and O–H groups in total. The minimum atomic E-state index is -0.778. The van der Waals surface area contributed by atoms with Gasteiger partial charge in [-0.15, -0.1) is 0 Å². The van der Waals surface area contributed by atoms with Crippen LogP contribution in [0.3, 0.4) is 0 Å². The molecule has 0 saturated carbocycles. The van der Waals surface area contributed by atoms with E-state index in [0.717, 1.165) is 5.56 Å². The van der Waals surface area contributed by atoms with Crippen molar-refractivity contribution in [3.05, 3.63) is 48.0 Å². The molecule has 3 nitrogen and oxygen atoms in total. The third kappa shape index (κ3) is 3.81. The van der Waals surface area contributed by atoms with Crippen LogP contribution in [0.1, 0.15) is 25.8 Å². The minimum Gasteiger partial charge on any atom is -0.480 e. The summed E-state index contributed by atoms with van der Waals surface area (Å²) in [5.74, 6) is -0.417. The monoisotopic (exact) mass is 271 g/mol. The fourth-order valence-corrected chi connectivity index (χ4v) is 2.33. The number of hydrogen-bond donors (Lipinski definition) is 2. The first-order valence-electron chi connectivity index (χ1n) is 7.00. The van der Waals surface area contributed by atoms with E-state index in [1.165, 1.54) is 10.8 Å². The van der Waals surface area contributed by atoms with Crippen LogP contribution in [0.4, 0.5) is 0 Å². The fraction of sp³-hybridized carbons (Fsp3) is 0.353. The van der Waals surface area contributed by atoms with Crippen molar-refractivity contribution in [2.24, 2.45) is 5.92 Å². The van der Waals surface area contributed by atoms with Crippen LogP contribution in [0.2, 0.25) is 0 Å². The molecular weight excluding hydrogens is 250 g/mol. The lowest BCUT2D eigenvalue weighted by atomic mass is 10.0. The Morgan fingerprint density at radius 1 is 1.15 bits per heavy atom. The van der Waals surface area contributed by atoms with Gasteiger partial charge in [0.05, 0.1) is 0 Å². The summed E-state index contributed by atoms with van der Waals surface area (Å²) < 4.78 is 0. The minimum absolute atomic E-state index is 0.361. The van der Waals surface area contributed by atoms with Gasteiger partial charge in [0, 0.05) is 6.54 Å². The number of benzene rings is 2. The standard InChI is InChI=1S/C17H21NO2/c1-12(2)9-16(17(19)20)18-11-13-7-8-14-5-3-4-6-15(14)10-13/h3-8,10,12,16,18H,9,11H2,1-2H3,(H,19,20)/t16-/m1/s1. The second-order valence-electron chi connectivity index (χ2n) is 5.58. The van der Waals surface area contributed by atoms with Gasteiger partial charge in [0.2, 0.25) is 0 Å². The molecule has 1 atom stereocenters. The lowest BCUT2D eigenvalue weighted by molar-refractivity contribution is -0.140.